The van der Waals surface area contributed by atoms with Gasteiger partial charge in [-0.1, -0.05) is 59.8 Å². The molecule has 1 aromatic rings. The zero-order chi connectivity index (χ0) is 14.1. The summed E-state index contributed by atoms with van der Waals surface area (Å²) >= 11 is 2.28. The summed E-state index contributed by atoms with van der Waals surface area (Å²) in [5.41, 5.74) is 1.31. The van der Waals surface area contributed by atoms with Crippen LogP contribution in [0.25, 0.3) is 0 Å². The second kappa shape index (κ2) is 9.31. The van der Waals surface area contributed by atoms with Gasteiger partial charge >= 0.3 is 0 Å². The SMILES string of the molecule is CC[C@@H](Cc1ccccc1)NCC(=O)NC(C)CI. The summed E-state index contributed by atoms with van der Waals surface area (Å²) in [6.07, 6.45) is 1.98. The number of benzene rings is 1. The van der Waals surface area contributed by atoms with Crippen LogP contribution < -0.4 is 10.6 Å². The molecule has 1 aromatic carbocycles. The molecule has 19 heavy (non-hydrogen) atoms. The monoisotopic (exact) mass is 374 g/mol. The molecule has 0 saturated heterocycles. The summed E-state index contributed by atoms with van der Waals surface area (Å²) < 4.78 is 0.935. The molecule has 0 aliphatic rings. The lowest BCUT2D eigenvalue weighted by Crippen LogP contribution is -2.43. The minimum absolute atomic E-state index is 0.0793. The fraction of sp³-hybridized carbons (Fsp3) is 0.533. The highest BCUT2D eigenvalue weighted by molar-refractivity contribution is 14.1. The number of halogens is 1. The van der Waals surface area contributed by atoms with Gasteiger partial charge in [-0.15, -0.1) is 0 Å². The maximum absolute atomic E-state index is 11.7. The van der Waals surface area contributed by atoms with Gasteiger partial charge in [-0.3, -0.25) is 4.79 Å². The molecule has 0 fully saturated rings. The van der Waals surface area contributed by atoms with Crippen molar-refractivity contribution in [2.24, 2.45) is 0 Å². The van der Waals surface area contributed by atoms with E-state index in [0.717, 1.165) is 17.3 Å². The molecule has 106 valence electrons. The van der Waals surface area contributed by atoms with Gasteiger partial charge in [0.25, 0.3) is 0 Å². The molecule has 0 spiro atoms. The van der Waals surface area contributed by atoms with Crippen LogP contribution in [0.3, 0.4) is 0 Å². The normalized spacial score (nSPS) is 13.8. The Bertz CT molecular complexity index is 370. The van der Waals surface area contributed by atoms with Crippen LogP contribution in [0.15, 0.2) is 30.3 Å². The summed E-state index contributed by atoms with van der Waals surface area (Å²) in [6.45, 7) is 4.56. The van der Waals surface area contributed by atoms with E-state index in [4.69, 9.17) is 0 Å². The summed E-state index contributed by atoms with van der Waals surface area (Å²) in [5.74, 6) is 0.0793. The second-order valence-electron chi connectivity index (χ2n) is 4.80. The molecule has 0 aliphatic heterocycles. The van der Waals surface area contributed by atoms with Crippen molar-refractivity contribution in [3.63, 3.8) is 0 Å². The Balaban J connectivity index is 2.35. The van der Waals surface area contributed by atoms with Crippen LogP contribution in [-0.2, 0) is 11.2 Å². The molecule has 4 heteroatoms. The molecular weight excluding hydrogens is 351 g/mol. The molecule has 2 atom stereocenters. The first kappa shape index (κ1) is 16.4. The van der Waals surface area contributed by atoms with Gasteiger partial charge in [-0.05, 0) is 25.3 Å². The van der Waals surface area contributed by atoms with E-state index in [1.807, 2.05) is 13.0 Å². The third-order valence-electron chi connectivity index (χ3n) is 3.01. The van der Waals surface area contributed by atoms with Crippen LogP contribution in [0, 0.1) is 0 Å². The van der Waals surface area contributed by atoms with Gasteiger partial charge in [0.05, 0.1) is 6.54 Å². The third kappa shape index (κ3) is 6.92. The summed E-state index contributed by atoms with van der Waals surface area (Å²) in [4.78, 5) is 11.7. The highest BCUT2D eigenvalue weighted by atomic mass is 127. The number of hydrogen-bond donors (Lipinski definition) is 2. The van der Waals surface area contributed by atoms with Gasteiger partial charge in [0.2, 0.25) is 5.91 Å². The summed E-state index contributed by atoms with van der Waals surface area (Å²) in [5, 5.41) is 6.30. The quantitative estimate of drug-likeness (QED) is 0.543. The maximum atomic E-state index is 11.7. The fourth-order valence-electron chi connectivity index (χ4n) is 1.86. The Morgan fingerprint density at radius 2 is 2.00 bits per heavy atom. The highest BCUT2D eigenvalue weighted by Crippen LogP contribution is 2.05. The predicted molar refractivity (Wildman–Crippen MR) is 88.7 cm³/mol. The Labute approximate surface area is 129 Å². The molecule has 0 saturated carbocycles. The van der Waals surface area contributed by atoms with Gasteiger partial charge in [-0.25, -0.2) is 0 Å². The van der Waals surface area contributed by atoms with Crippen LogP contribution >= 0.6 is 22.6 Å². The Kier molecular flexibility index (Phi) is 8.05. The number of rotatable bonds is 8. The largest absolute Gasteiger partial charge is 0.352 e. The van der Waals surface area contributed by atoms with Crippen LogP contribution in [0.5, 0.6) is 0 Å². The van der Waals surface area contributed by atoms with E-state index in [-0.39, 0.29) is 11.9 Å². The molecule has 1 amide bonds. The van der Waals surface area contributed by atoms with Gasteiger partial charge in [0, 0.05) is 16.5 Å². The molecule has 0 bridgehead atoms. The topological polar surface area (TPSA) is 41.1 Å². The fourth-order valence-corrected chi connectivity index (χ4v) is 2.08. The average molecular weight is 374 g/mol. The van der Waals surface area contributed by atoms with E-state index < -0.39 is 0 Å². The standard InChI is InChI=1S/C15H23IN2O/c1-3-14(9-13-7-5-4-6-8-13)17-11-15(19)18-12(2)10-16/h4-8,12,14,17H,3,9-11H2,1-2H3,(H,18,19)/t12?,14-/m0/s1. The predicted octanol–water partition coefficient (Wildman–Crippen LogP) is 2.54. The summed E-state index contributed by atoms with van der Waals surface area (Å²) in [6, 6.07) is 11.0. The maximum Gasteiger partial charge on any atom is 0.234 e. The van der Waals surface area contributed by atoms with Crippen molar-refractivity contribution >= 4 is 28.5 Å². The zero-order valence-corrected chi connectivity index (χ0v) is 13.8. The first-order valence-electron chi connectivity index (χ1n) is 6.78. The van der Waals surface area contributed by atoms with Crippen LogP contribution in [-0.4, -0.2) is 29.0 Å². The molecule has 0 heterocycles. The molecular formula is C15H23IN2O. The number of alkyl halides is 1. The Morgan fingerprint density at radius 1 is 1.32 bits per heavy atom. The highest BCUT2D eigenvalue weighted by Gasteiger charge is 2.10. The smallest absolute Gasteiger partial charge is 0.234 e. The lowest BCUT2D eigenvalue weighted by atomic mass is 10.0. The van der Waals surface area contributed by atoms with Crippen molar-refractivity contribution in [2.75, 3.05) is 11.0 Å². The molecule has 0 aromatic heterocycles. The van der Waals surface area contributed by atoms with E-state index in [9.17, 15) is 4.79 Å². The van der Waals surface area contributed by atoms with Gasteiger partial charge in [0.1, 0.15) is 0 Å². The first-order valence-corrected chi connectivity index (χ1v) is 8.30. The van der Waals surface area contributed by atoms with Crippen molar-refractivity contribution in [3.05, 3.63) is 35.9 Å². The van der Waals surface area contributed by atoms with Crippen LogP contribution in [0.1, 0.15) is 25.8 Å². The van der Waals surface area contributed by atoms with E-state index >= 15 is 0 Å². The average Bonchev–Trinajstić information content (AvgIpc) is 2.44. The Morgan fingerprint density at radius 3 is 2.58 bits per heavy atom. The number of nitrogens with one attached hydrogen (secondary N) is 2. The molecule has 2 N–H and O–H groups in total. The van der Waals surface area contributed by atoms with E-state index in [2.05, 4.69) is 64.4 Å². The number of carbonyl (C=O) groups excluding carboxylic acids is 1. The van der Waals surface area contributed by atoms with Crippen molar-refractivity contribution in [2.45, 2.75) is 38.8 Å². The van der Waals surface area contributed by atoms with Crippen molar-refractivity contribution in [1.29, 1.82) is 0 Å². The minimum atomic E-state index is 0.0793. The molecule has 0 aliphatic carbocycles. The minimum Gasteiger partial charge on any atom is -0.352 e. The van der Waals surface area contributed by atoms with Crippen LogP contribution in [0.4, 0.5) is 0 Å². The van der Waals surface area contributed by atoms with E-state index in [1.165, 1.54) is 5.56 Å². The van der Waals surface area contributed by atoms with Gasteiger partial charge in [0.15, 0.2) is 0 Å². The van der Waals surface area contributed by atoms with Crippen molar-refractivity contribution in [3.8, 4) is 0 Å². The number of carbonyl (C=O) groups is 1. The first-order chi connectivity index (χ1) is 9.15. The van der Waals surface area contributed by atoms with Crippen LogP contribution in [0.2, 0.25) is 0 Å². The number of amides is 1. The summed E-state index contributed by atoms with van der Waals surface area (Å²) in [7, 11) is 0. The van der Waals surface area contributed by atoms with Gasteiger partial charge in [-0.2, -0.15) is 0 Å². The third-order valence-corrected chi connectivity index (χ3v) is 4.33. The Hall–Kier alpha value is -0.620. The molecule has 0 radical (unpaired) electrons. The lowest BCUT2D eigenvalue weighted by Gasteiger charge is -2.18. The molecule has 1 rings (SSSR count). The van der Waals surface area contributed by atoms with E-state index in [0.29, 0.717) is 12.6 Å². The van der Waals surface area contributed by atoms with Crippen molar-refractivity contribution < 1.29 is 4.79 Å². The number of hydrogen-bond acceptors (Lipinski definition) is 2. The van der Waals surface area contributed by atoms with E-state index in [1.54, 1.807) is 0 Å². The molecule has 3 nitrogen and oxygen atoms in total. The van der Waals surface area contributed by atoms with Crippen molar-refractivity contribution in [1.82, 2.24) is 10.6 Å². The van der Waals surface area contributed by atoms with Gasteiger partial charge < -0.3 is 10.6 Å². The zero-order valence-electron chi connectivity index (χ0n) is 11.7. The lowest BCUT2D eigenvalue weighted by molar-refractivity contribution is -0.120. The molecule has 1 unspecified atom stereocenters. The second-order valence-corrected chi connectivity index (χ2v) is 5.68.